The number of carbonyl (C=O) groups is 2. The van der Waals surface area contributed by atoms with Gasteiger partial charge in [0.05, 0.1) is 12.7 Å². The van der Waals surface area contributed by atoms with Crippen LogP contribution in [0.2, 0.25) is 0 Å². The molecule has 1 N–H and O–H groups in total. The molecule has 0 aromatic heterocycles. The molecular weight excluding hydrogens is 400 g/mol. The second kappa shape index (κ2) is 13.9. The van der Waals surface area contributed by atoms with Crippen molar-refractivity contribution in [2.24, 2.45) is 5.92 Å². The van der Waals surface area contributed by atoms with Gasteiger partial charge in [0.25, 0.3) is 0 Å². The molecule has 174 valence electrons. The molecule has 31 heavy (non-hydrogen) atoms. The summed E-state index contributed by atoms with van der Waals surface area (Å²) in [4.78, 5) is 23.2. The van der Waals surface area contributed by atoms with Gasteiger partial charge in [0, 0.05) is 18.4 Å². The molecule has 0 bridgehead atoms. The molecule has 1 aromatic carbocycles. The van der Waals surface area contributed by atoms with Gasteiger partial charge >= 0.3 is 5.97 Å². The third-order valence-electron chi connectivity index (χ3n) is 5.44. The lowest BCUT2D eigenvalue weighted by molar-refractivity contribution is -0.143. The van der Waals surface area contributed by atoms with Crippen LogP contribution in [0.3, 0.4) is 0 Å². The smallest absolute Gasteiger partial charge is 0.305 e. The van der Waals surface area contributed by atoms with E-state index >= 15 is 0 Å². The van der Waals surface area contributed by atoms with Crippen LogP contribution >= 0.6 is 0 Å². The maximum absolute atomic E-state index is 11.9. The van der Waals surface area contributed by atoms with E-state index in [0.29, 0.717) is 36.7 Å². The Morgan fingerprint density at radius 1 is 1.03 bits per heavy atom. The summed E-state index contributed by atoms with van der Waals surface area (Å²) >= 11 is 0. The molecule has 2 rings (SSSR count). The van der Waals surface area contributed by atoms with E-state index in [1.165, 1.54) is 0 Å². The fourth-order valence-corrected chi connectivity index (χ4v) is 3.64. The van der Waals surface area contributed by atoms with Crippen LogP contribution in [0.4, 0.5) is 0 Å². The number of rotatable bonds is 16. The van der Waals surface area contributed by atoms with Crippen molar-refractivity contribution in [2.75, 3.05) is 20.0 Å². The van der Waals surface area contributed by atoms with Crippen molar-refractivity contribution >= 4 is 11.8 Å². The molecule has 1 aliphatic heterocycles. The second-order valence-electron chi connectivity index (χ2n) is 7.98. The van der Waals surface area contributed by atoms with Crippen LogP contribution in [0.5, 0.6) is 17.2 Å². The molecular formula is C24H36O7. The number of Topliss-reactive ketones (excluding diaryl/α,β-unsaturated/α-hetero) is 1. The van der Waals surface area contributed by atoms with Crippen molar-refractivity contribution in [3.8, 4) is 17.2 Å². The zero-order valence-electron chi connectivity index (χ0n) is 18.8. The quantitative estimate of drug-likeness (QED) is 0.303. The highest BCUT2D eigenvalue weighted by Gasteiger charge is 2.16. The average molecular weight is 437 g/mol. The summed E-state index contributed by atoms with van der Waals surface area (Å²) in [6.07, 6.45) is 6.68. The first kappa shape index (κ1) is 25.0. The van der Waals surface area contributed by atoms with Crippen LogP contribution in [0.25, 0.3) is 0 Å². The Bertz CT molecular complexity index is 689. The molecule has 0 amide bonds. The van der Waals surface area contributed by atoms with Gasteiger partial charge in [-0.05, 0) is 51.7 Å². The van der Waals surface area contributed by atoms with E-state index < -0.39 is 6.10 Å². The Labute approximate surface area is 185 Å². The molecule has 0 radical (unpaired) electrons. The molecule has 0 spiro atoms. The Morgan fingerprint density at radius 2 is 1.77 bits per heavy atom. The monoisotopic (exact) mass is 436 g/mol. The van der Waals surface area contributed by atoms with Gasteiger partial charge in [-0.25, -0.2) is 0 Å². The highest BCUT2D eigenvalue weighted by Crippen LogP contribution is 2.35. The highest BCUT2D eigenvalue weighted by molar-refractivity contribution is 5.78. The first-order chi connectivity index (χ1) is 15.0. The van der Waals surface area contributed by atoms with Gasteiger partial charge in [-0.15, -0.1) is 0 Å². The van der Waals surface area contributed by atoms with E-state index in [1.807, 2.05) is 6.92 Å². The fraction of sp³-hybridized carbons (Fsp3) is 0.667. The standard InChI is InChI=1S/C24H36O7/c1-3-28-24(27)12-7-5-4-6-9-19(18(2)25)10-8-11-20(26)16-29-21-13-14-22-23(15-21)31-17-30-22/h13-15,19-20,26H,3-12,16-17H2,1-2H3. The predicted octanol–water partition coefficient (Wildman–Crippen LogP) is 4.43. The van der Waals surface area contributed by atoms with Crippen LogP contribution in [0.1, 0.15) is 71.6 Å². The lowest BCUT2D eigenvalue weighted by Gasteiger charge is -2.16. The Kier molecular flexibility index (Phi) is 11.2. The lowest BCUT2D eigenvalue weighted by atomic mass is 9.91. The number of unbranched alkanes of at least 4 members (excludes halogenated alkanes) is 3. The van der Waals surface area contributed by atoms with E-state index in [1.54, 1.807) is 25.1 Å². The summed E-state index contributed by atoms with van der Waals surface area (Å²) in [6.45, 7) is 4.30. The fourth-order valence-electron chi connectivity index (χ4n) is 3.64. The lowest BCUT2D eigenvalue weighted by Crippen LogP contribution is -2.18. The molecule has 2 atom stereocenters. The topological polar surface area (TPSA) is 91.3 Å². The molecule has 0 saturated carbocycles. The van der Waals surface area contributed by atoms with Crippen LogP contribution in [0.15, 0.2) is 18.2 Å². The zero-order chi connectivity index (χ0) is 22.5. The van der Waals surface area contributed by atoms with Gasteiger partial charge in [-0.1, -0.05) is 25.7 Å². The molecule has 2 unspecified atom stereocenters. The molecule has 0 fully saturated rings. The van der Waals surface area contributed by atoms with E-state index in [9.17, 15) is 14.7 Å². The molecule has 0 saturated heterocycles. The SMILES string of the molecule is CCOC(=O)CCCCCCC(CCCC(O)COc1ccc2c(c1)OCO2)C(C)=O. The minimum atomic E-state index is -0.582. The van der Waals surface area contributed by atoms with Crippen LogP contribution in [-0.2, 0) is 14.3 Å². The largest absolute Gasteiger partial charge is 0.491 e. The summed E-state index contributed by atoms with van der Waals surface area (Å²) < 4.78 is 21.1. The molecule has 1 aliphatic rings. The van der Waals surface area contributed by atoms with Crippen molar-refractivity contribution in [3.63, 3.8) is 0 Å². The summed E-state index contributed by atoms with van der Waals surface area (Å²) in [7, 11) is 0. The minimum absolute atomic E-state index is 0.0343. The maximum atomic E-state index is 11.9. The number of fused-ring (bicyclic) bond motifs is 1. The van der Waals surface area contributed by atoms with Crippen molar-refractivity contribution in [3.05, 3.63) is 18.2 Å². The van der Waals surface area contributed by atoms with Crippen LogP contribution in [0, 0.1) is 5.92 Å². The summed E-state index contributed by atoms with van der Waals surface area (Å²) in [5.41, 5.74) is 0. The van der Waals surface area contributed by atoms with Gasteiger partial charge in [0.2, 0.25) is 6.79 Å². The van der Waals surface area contributed by atoms with Crippen LogP contribution < -0.4 is 14.2 Å². The average Bonchev–Trinajstić information content (AvgIpc) is 3.21. The minimum Gasteiger partial charge on any atom is -0.491 e. The third-order valence-corrected chi connectivity index (χ3v) is 5.44. The summed E-state index contributed by atoms with van der Waals surface area (Å²) in [5, 5.41) is 10.2. The van der Waals surface area contributed by atoms with Gasteiger partial charge in [-0.2, -0.15) is 0 Å². The predicted molar refractivity (Wildman–Crippen MR) is 116 cm³/mol. The van der Waals surface area contributed by atoms with E-state index in [4.69, 9.17) is 18.9 Å². The summed E-state index contributed by atoms with van der Waals surface area (Å²) in [5.74, 6) is 2.09. The first-order valence-corrected chi connectivity index (χ1v) is 11.4. The Balaban J connectivity index is 1.56. The maximum Gasteiger partial charge on any atom is 0.305 e. The molecule has 7 nitrogen and oxygen atoms in total. The molecule has 0 aliphatic carbocycles. The Morgan fingerprint density at radius 3 is 2.55 bits per heavy atom. The second-order valence-corrected chi connectivity index (χ2v) is 7.98. The van der Waals surface area contributed by atoms with Crippen LogP contribution in [-0.4, -0.2) is 43.0 Å². The van der Waals surface area contributed by atoms with Gasteiger partial charge in [0.1, 0.15) is 18.1 Å². The number of hydrogen-bond donors (Lipinski definition) is 1. The number of ether oxygens (including phenoxy) is 4. The van der Waals surface area contributed by atoms with E-state index in [-0.39, 0.29) is 31.1 Å². The molecule has 7 heteroatoms. The molecule has 1 heterocycles. The van der Waals surface area contributed by atoms with Crippen molar-refractivity contribution in [2.45, 2.75) is 77.7 Å². The number of ketones is 1. The van der Waals surface area contributed by atoms with Gasteiger partial charge in [0.15, 0.2) is 11.5 Å². The van der Waals surface area contributed by atoms with E-state index in [2.05, 4.69) is 0 Å². The van der Waals surface area contributed by atoms with E-state index in [0.717, 1.165) is 44.9 Å². The number of esters is 1. The number of carbonyl (C=O) groups excluding carboxylic acids is 2. The number of benzene rings is 1. The number of aliphatic hydroxyl groups is 1. The van der Waals surface area contributed by atoms with Crippen molar-refractivity contribution in [1.29, 1.82) is 0 Å². The number of aliphatic hydroxyl groups excluding tert-OH is 1. The highest BCUT2D eigenvalue weighted by atomic mass is 16.7. The van der Waals surface area contributed by atoms with Crippen molar-refractivity contribution < 1.29 is 33.6 Å². The summed E-state index contributed by atoms with van der Waals surface area (Å²) in [6, 6.07) is 5.34. The van der Waals surface area contributed by atoms with Crippen molar-refractivity contribution in [1.82, 2.24) is 0 Å². The molecule has 1 aromatic rings. The zero-order valence-corrected chi connectivity index (χ0v) is 18.8. The number of hydrogen-bond acceptors (Lipinski definition) is 7. The first-order valence-electron chi connectivity index (χ1n) is 11.4. The normalized spacial score (nSPS) is 14.2. The third kappa shape index (κ3) is 9.59. The van der Waals surface area contributed by atoms with Gasteiger partial charge in [-0.3, -0.25) is 9.59 Å². The Hall–Kier alpha value is -2.28. The van der Waals surface area contributed by atoms with Gasteiger partial charge < -0.3 is 24.1 Å².